The number of rotatable bonds is 8. The van der Waals surface area contributed by atoms with Crippen LogP contribution in [0.25, 0.3) is 0 Å². The molecule has 0 bridgehead atoms. The van der Waals surface area contributed by atoms with Gasteiger partial charge in [0.25, 0.3) is 0 Å². The molecule has 0 aliphatic heterocycles. The first-order chi connectivity index (χ1) is 10.4. The van der Waals surface area contributed by atoms with Gasteiger partial charge in [0.1, 0.15) is 12.6 Å². The van der Waals surface area contributed by atoms with Gasteiger partial charge in [0, 0.05) is 6.42 Å². The molecule has 1 aromatic carbocycles. The Kier molecular flexibility index (Phi) is 7.08. The lowest BCUT2D eigenvalue weighted by Crippen LogP contribution is -2.42. The van der Waals surface area contributed by atoms with E-state index >= 15 is 0 Å². The maximum Gasteiger partial charge on any atom is 0.326 e. The molecule has 6 heteroatoms. The fraction of sp³-hybridized carbons (Fsp3) is 0.438. The maximum atomic E-state index is 11.7. The van der Waals surface area contributed by atoms with Crippen molar-refractivity contribution >= 4 is 17.8 Å². The average molecular weight is 307 g/mol. The number of ether oxygens (including phenoxy) is 1. The normalized spacial score (nSPS) is 11.8. The van der Waals surface area contributed by atoms with Crippen LogP contribution in [0.15, 0.2) is 30.3 Å². The van der Waals surface area contributed by atoms with Gasteiger partial charge in [-0.1, -0.05) is 44.2 Å². The molecule has 0 heterocycles. The number of esters is 1. The maximum absolute atomic E-state index is 11.7. The molecule has 1 rings (SSSR count). The molecule has 0 radical (unpaired) electrons. The summed E-state index contributed by atoms with van der Waals surface area (Å²) < 4.78 is 5.02. The van der Waals surface area contributed by atoms with Gasteiger partial charge >= 0.3 is 11.9 Å². The van der Waals surface area contributed by atoms with E-state index in [0.29, 0.717) is 0 Å². The molecule has 6 nitrogen and oxygen atoms in total. The summed E-state index contributed by atoms with van der Waals surface area (Å²) in [4.78, 5) is 34.4. The predicted octanol–water partition coefficient (Wildman–Crippen LogP) is 1.74. The number of carboxylic acids is 1. The summed E-state index contributed by atoms with van der Waals surface area (Å²) in [5.41, 5.74) is 0.812. The number of benzene rings is 1. The Balaban J connectivity index is 2.47. The Morgan fingerprint density at radius 1 is 1.14 bits per heavy atom. The molecule has 2 N–H and O–H groups in total. The number of aliphatic carboxylic acids is 1. The number of carbonyl (C=O) groups excluding carboxylic acids is 2. The van der Waals surface area contributed by atoms with E-state index in [9.17, 15) is 14.4 Å². The van der Waals surface area contributed by atoms with E-state index in [0.717, 1.165) is 5.56 Å². The molecule has 1 unspecified atom stereocenters. The van der Waals surface area contributed by atoms with Gasteiger partial charge in [-0.2, -0.15) is 0 Å². The fourth-order valence-electron chi connectivity index (χ4n) is 1.79. The molecule has 120 valence electrons. The molecule has 0 aliphatic carbocycles. The predicted molar refractivity (Wildman–Crippen MR) is 79.9 cm³/mol. The van der Waals surface area contributed by atoms with E-state index in [1.807, 2.05) is 32.0 Å². The summed E-state index contributed by atoms with van der Waals surface area (Å²) in [6, 6.07) is 7.80. The van der Waals surface area contributed by atoms with Crippen LogP contribution >= 0.6 is 0 Å². The van der Waals surface area contributed by atoms with E-state index in [1.165, 1.54) is 0 Å². The zero-order valence-electron chi connectivity index (χ0n) is 12.7. The standard InChI is InChI=1S/C16H21NO5/c1-11(2)8-14(18)17-13(16(20)21)9-15(19)22-10-12-6-4-3-5-7-12/h3-7,11,13H,8-10H2,1-2H3,(H,17,18)(H,20,21). The van der Waals surface area contributed by atoms with Crippen molar-refractivity contribution in [2.45, 2.75) is 39.3 Å². The summed E-state index contributed by atoms with van der Waals surface area (Å²) in [5.74, 6) is -2.20. The molecule has 22 heavy (non-hydrogen) atoms. The van der Waals surface area contributed by atoms with Crippen LogP contribution < -0.4 is 5.32 Å². The van der Waals surface area contributed by atoms with Crippen LogP contribution in [0.1, 0.15) is 32.3 Å². The van der Waals surface area contributed by atoms with Crippen LogP contribution in [0, 0.1) is 5.92 Å². The minimum absolute atomic E-state index is 0.0754. The number of amides is 1. The smallest absolute Gasteiger partial charge is 0.326 e. The van der Waals surface area contributed by atoms with E-state index in [4.69, 9.17) is 9.84 Å². The number of carboxylic acid groups (broad SMARTS) is 1. The Bertz CT molecular complexity index is 513. The van der Waals surface area contributed by atoms with Crippen LogP contribution in [0.3, 0.4) is 0 Å². The Labute approximate surface area is 129 Å². The molecular formula is C16H21NO5. The molecule has 0 fully saturated rings. The van der Waals surface area contributed by atoms with Crippen molar-refractivity contribution in [2.75, 3.05) is 0 Å². The zero-order chi connectivity index (χ0) is 16.5. The van der Waals surface area contributed by atoms with Crippen LogP contribution in [-0.2, 0) is 25.7 Å². The first kappa shape index (κ1) is 17.7. The molecule has 0 saturated heterocycles. The number of nitrogens with one attached hydrogen (secondary N) is 1. The fourth-order valence-corrected chi connectivity index (χ4v) is 1.79. The molecule has 1 aromatic rings. The van der Waals surface area contributed by atoms with Crippen molar-refractivity contribution in [2.24, 2.45) is 5.92 Å². The van der Waals surface area contributed by atoms with Crippen molar-refractivity contribution in [1.29, 1.82) is 0 Å². The van der Waals surface area contributed by atoms with Gasteiger partial charge < -0.3 is 15.2 Å². The van der Waals surface area contributed by atoms with Gasteiger partial charge in [-0.25, -0.2) is 4.79 Å². The molecule has 0 spiro atoms. The zero-order valence-corrected chi connectivity index (χ0v) is 12.7. The monoisotopic (exact) mass is 307 g/mol. The van der Waals surface area contributed by atoms with Gasteiger partial charge in [-0.3, -0.25) is 9.59 Å². The first-order valence-corrected chi connectivity index (χ1v) is 7.10. The lowest BCUT2D eigenvalue weighted by molar-refractivity contribution is -0.151. The Hall–Kier alpha value is -2.37. The summed E-state index contributed by atoms with van der Waals surface area (Å²) in [6.45, 7) is 3.78. The molecule has 1 amide bonds. The third-order valence-electron chi connectivity index (χ3n) is 2.84. The summed E-state index contributed by atoms with van der Waals surface area (Å²) in [7, 11) is 0. The number of hydrogen-bond acceptors (Lipinski definition) is 4. The van der Waals surface area contributed by atoms with E-state index in [2.05, 4.69) is 5.32 Å². The van der Waals surface area contributed by atoms with Crippen molar-refractivity contribution in [3.05, 3.63) is 35.9 Å². The molecule has 0 saturated carbocycles. The summed E-state index contributed by atoms with van der Waals surface area (Å²) in [5, 5.41) is 11.4. The molecule has 0 aliphatic rings. The Morgan fingerprint density at radius 3 is 2.32 bits per heavy atom. The SMILES string of the molecule is CC(C)CC(=O)NC(CC(=O)OCc1ccccc1)C(=O)O. The van der Waals surface area contributed by atoms with Crippen LogP contribution in [-0.4, -0.2) is 29.0 Å². The second-order valence-corrected chi connectivity index (χ2v) is 5.41. The van der Waals surface area contributed by atoms with Crippen molar-refractivity contribution < 1.29 is 24.2 Å². The largest absolute Gasteiger partial charge is 0.480 e. The molecule has 0 aromatic heterocycles. The third kappa shape index (κ3) is 6.88. The highest BCUT2D eigenvalue weighted by molar-refractivity contribution is 5.87. The highest BCUT2D eigenvalue weighted by atomic mass is 16.5. The highest BCUT2D eigenvalue weighted by Gasteiger charge is 2.24. The van der Waals surface area contributed by atoms with Gasteiger partial charge in [-0.05, 0) is 11.5 Å². The third-order valence-corrected chi connectivity index (χ3v) is 2.84. The Morgan fingerprint density at radius 2 is 1.77 bits per heavy atom. The average Bonchev–Trinajstić information content (AvgIpc) is 2.44. The summed E-state index contributed by atoms with van der Waals surface area (Å²) in [6.07, 6.45) is -0.186. The topological polar surface area (TPSA) is 92.7 Å². The molecule has 1 atom stereocenters. The second kappa shape index (κ2) is 8.81. The van der Waals surface area contributed by atoms with Gasteiger partial charge in [0.2, 0.25) is 5.91 Å². The van der Waals surface area contributed by atoms with Crippen LogP contribution in [0.2, 0.25) is 0 Å². The van der Waals surface area contributed by atoms with Crippen LogP contribution in [0.4, 0.5) is 0 Å². The lowest BCUT2D eigenvalue weighted by atomic mass is 10.1. The van der Waals surface area contributed by atoms with E-state index in [-0.39, 0.29) is 18.9 Å². The van der Waals surface area contributed by atoms with Gasteiger partial charge in [0.05, 0.1) is 6.42 Å². The second-order valence-electron chi connectivity index (χ2n) is 5.41. The molecular weight excluding hydrogens is 286 g/mol. The lowest BCUT2D eigenvalue weighted by Gasteiger charge is -2.15. The summed E-state index contributed by atoms with van der Waals surface area (Å²) >= 11 is 0. The van der Waals surface area contributed by atoms with E-state index < -0.39 is 30.3 Å². The number of carbonyl (C=O) groups is 3. The minimum atomic E-state index is -1.27. The van der Waals surface area contributed by atoms with E-state index in [1.54, 1.807) is 12.1 Å². The van der Waals surface area contributed by atoms with Crippen molar-refractivity contribution in [1.82, 2.24) is 5.32 Å². The highest BCUT2D eigenvalue weighted by Crippen LogP contribution is 2.05. The quantitative estimate of drug-likeness (QED) is 0.714. The van der Waals surface area contributed by atoms with Crippen molar-refractivity contribution in [3.8, 4) is 0 Å². The number of hydrogen-bond donors (Lipinski definition) is 2. The van der Waals surface area contributed by atoms with Gasteiger partial charge in [0.15, 0.2) is 0 Å². The minimum Gasteiger partial charge on any atom is -0.480 e. The van der Waals surface area contributed by atoms with Crippen LogP contribution in [0.5, 0.6) is 0 Å². The van der Waals surface area contributed by atoms with Gasteiger partial charge in [-0.15, -0.1) is 0 Å². The first-order valence-electron chi connectivity index (χ1n) is 7.10. The van der Waals surface area contributed by atoms with Crippen molar-refractivity contribution in [3.63, 3.8) is 0 Å².